The Morgan fingerprint density at radius 1 is 0.886 bits per heavy atom. The van der Waals surface area contributed by atoms with Crippen molar-refractivity contribution >= 4 is 16.8 Å². The van der Waals surface area contributed by atoms with Gasteiger partial charge in [0.25, 0.3) is 0 Å². The quantitative estimate of drug-likeness (QED) is 0.326. The van der Waals surface area contributed by atoms with E-state index >= 15 is 0 Å². The van der Waals surface area contributed by atoms with Gasteiger partial charge in [-0.25, -0.2) is 0 Å². The maximum Gasteiger partial charge on any atom is 0.223 e. The molecule has 5 rings (SSSR count). The van der Waals surface area contributed by atoms with Crippen LogP contribution < -0.4 is 9.47 Å². The van der Waals surface area contributed by atoms with Crippen LogP contribution in [0.2, 0.25) is 0 Å². The number of rotatable bonds is 8. The summed E-state index contributed by atoms with van der Waals surface area (Å²) in [6.45, 7) is 2.49. The Morgan fingerprint density at radius 2 is 1.60 bits per heavy atom. The van der Waals surface area contributed by atoms with Gasteiger partial charge in [0, 0.05) is 49.1 Å². The van der Waals surface area contributed by atoms with Crippen LogP contribution in [-0.4, -0.2) is 42.7 Å². The summed E-state index contributed by atoms with van der Waals surface area (Å²) in [6, 6.07) is 25.0. The first-order chi connectivity index (χ1) is 17.2. The zero-order chi connectivity index (χ0) is 24.2. The topological polar surface area (TPSA) is 43.7 Å². The Balaban J connectivity index is 1.60. The summed E-state index contributed by atoms with van der Waals surface area (Å²) >= 11 is 0. The molecule has 0 unspecified atom stereocenters. The van der Waals surface area contributed by atoms with Gasteiger partial charge in [-0.3, -0.25) is 4.79 Å². The Bertz CT molecular complexity index is 1310. The molecule has 1 aliphatic heterocycles. The molecule has 0 spiro atoms. The zero-order valence-corrected chi connectivity index (χ0v) is 20.4. The third kappa shape index (κ3) is 4.76. The van der Waals surface area contributed by atoms with E-state index in [-0.39, 0.29) is 11.8 Å². The molecule has 1 amide bonds. The largest absolute Gasteiger partial charge is 0.493 e. The monoisotopic (exact) mass is 468 g/mol. The van der Waals surface area contributed by atoms with Crippen LogP contribution in [0, 0.1) is 0 Å². The highest BCUT2D eigenvalue weighted by Crippen LogP contribution is 2.39. The lowest BCUT2D eigenvalue weighted by Crippen LogP contribution is -2.29. The second-order valence-electron chi connectivity index (χ2n) is 9.17. The van der Waals surface area contributed by atoms with Gasteiger partial charge in [0.1, 0.15) is 0 Å². The van der Waals surface area contributed by atoms with Gasteiger partial charge >= 0.3 is 0 Å². The maximum atomic E-state index is 13.4. The van der Waals surface area contributed by atoms with Crippen LogP contribution in [0.1, 0.15) is 41.9 Å². The van der Waals surface area contributed by atoms with Gasteiger partial charge in [0.05, 0.1) is 14.2 Å². The lowest BCUT2D eigenvalue weighted by Gasteiger charge is -2.22. The molecule has 1 saturated heterocycles. The van der Waals surface area contributed by atoms with E-state index in [1.807, 2.05) is 23.1 Å². The van der Waals surface area contributed by atoms with E-state index < -0.39 is 0 Å². The summed E-state index contributed by atoms with van der Waals surface area (Å²) in [7, 11) is 3.29. The van der Waals surface area contributed by atoms with Crippen molar-refractivity contribution in [2.75, 3.05) is 27.3 Å². The highest BCUT2D eigenvalue weighted by atomic mass is 16.5. The number of carbonyl (C=O) groups excluding carboxylic acids is 1. The van der Waals surface area contributed by atoms with Crippen molar-refractivity contribution in [2.45, 2.75) is 31.7 Å². The Hall–Kier alpha value is -3.73. The number of para-hydroxylation sites is 1. The second kappa shape index (κ2) is 10.3. The van der Waals surface area contributed by atoms with Crippen molar-refractivity contribution in [2.24, 2.45) is 0 Å². The Morgan fingerprint density at radius 3 is 2.34 bits per heavy atom. The minimum absolute atomic E-state index is 0.0928. The van der Waals surface area contributed by atoms with Gasteiger partial charge in [-0.05, 0) is 47.7 Å². The second-order valence-corrected chi connectivity index (χ2v) is 9.17. The van der Waals surface area contributed by atoms with E-state index in [0.29, 0.717) is 17.9 Å². The molecule has 1 aliphatic rings. The molecule has 5 nitrogen and oxygen atoms in total. The molecule has 1 fully saturated rings. The van der Waals surface area contributed by atoms with Crippen LogP contribution in [0.3, 0.4) is 0 Å². The smallest absolute Gasteiger partial charge is 0.223 e. The Labute approximate surface area is 206 Å². The number of methoxy groups -OCH3 is 2. The van der Waals surface area contributed by atoms with Crippen molar-refractivity contribution in [3.05, 3.63) is 95.7 Å². The van der Waals surface area contributed by atoms with Crippen molar-refractivity contribution in [1.29, 1.82) is 0 Å². The number of aromatic nitrogens is 1. The lowest BCUT2D eigenvalue weighted by molar-refractivity contribution is -0.130. The van der Waals surface area contributed by atoms with E-state index in [9.17, 15) is 4.79 Å². The fourth-order valence-corrected chi connectivity index (χ4v) is 5.21. The fourth-order valence-electron chi connectivity index (χ4n) is 5.21. The average molecular weight is 469 g/mol. The summed E-state index contributed by atoms with van der Waals surface area (Å²) in [5.41, 5.74) is 4.63. The van der Waals surface area contributed by atoms with Gasteiger partial charge in [-0.15, -0.1) is 0 Å². The first-order valence-corrected chi connectivity index (χ1v) is 12.3. The number of fused-ring (bicyclic) bond motifs is 1. The molecule has 0 bridgehead atoms. The third-order valence-electron chi connectivity index (χ3n) is 7.04. The molecule has 0 saturated carbocycles. The molecule has 5 heteroatoms. The molecule has 180 valence electrons. The predicted octanol–water partition coefficient (Wildman–Crippen LogP) is 5.85. The summed E-state index contributed by atoms with van der Waals surface area (Å²) in [6.07, 6.45) is 4.83. The SMILES string of the molecule is COc1ccc([C@@H](CC(=O)N2CCCC2)c2cn(Cc3ccccc3)c3ccccc23)cc1OC. The molecule has 4 aromatic rings. The third-order valence-corrected chi connectivity index (χ3v) is 7.04. The molecule has 3 aromatic carbocycles. The van der Waals surface area contributed by atoms with E-state index in [4.69, 9.17) is 9.47 Å². The molecule has 0 aliphatic carbocycles. The normalized spacial score (nSPS) is 14.3. The number of carbonyl (C=O) groups is 1. The van der Waals surface area contributed by atoms with Gasteiger partial charge < -0.3 is 18.9 Å². The van der Waals surface area contributed by atoms with Crippen LogP contribution in [0.25, 0.3) is 10.9 Å². The van der Waals surface area contributed by atoms with Gasteiger partial charge in [-0.1, -0.05) is 54.6 Å². The molecule has 2 heterocycles. The van der Waals surface area contributed by atoms with E-state index in [1.54, 1.807) is 14.2 Å². The van der Waals surface area contributed by atoms with Crippen molar-refractivity contribution in [1.82, 2.24) is 9.47 Å². The fraction of sp³-hybridized carbons (Fsp3) is 0.300. The zero-order valence-electron chi connectivity index (χ0n) is 20.4. The first-order valence-electron chi connectivity index (χ1n) is 12.3. The van der Waals surface area contributed by atoms with Crippen LogP contribution >= 0.6 is 0 Å². The molecule has 1 atom stereocenters. The molecular weight excluding hydrogens is 436 g/mol. The molecule has 1 aromatic heterocycles. The van der Waals surface area contributed by atoms with Crippen LogP contribution in [0.5, 0.6) is 11.5 Å². The van der Waals surface area contributed by atoms with Gasteiger partial charge in [-0.2, -0.15) is 0 Å². The minimum atomic E-state index is -0.0928. The maximum absolute atomic E-state index is 13.4. The highest BCUT2D eigenvalue weighted by molar-refractivity contribution is 5.87. The highest BCUT2D eigenvalue weighted by Gasteiger charge is 2.27. The van der Waals surface area contributed by atoms with Crippen LogP contribution in [0.15, 0.2) is 79.0 Å². The van der Waals surface area contributed by atoms with Crippen molar-refractivity contribution in [3.63, 3.8) is 0 Å². The predicted molar refractivity (Wildman–Crippen MR) is 139 cm³/mol. The summed E-state index contributed by atoms with van der Waals surface area (Å²) in [5.74, 6) is 1.48. The number of benzene rings is 3. The van der Waals surface area contributed by atoms with E-state index in [0.717, 1.165) is 43.6 Å². The number of ether oxygens (including phenoxy) is 2. The van der Waals surface area contributed by atoms with Crippen LogP contribution in [0.4, 0.5) is 0 Å². The molecule has 0 radical (unpaired) electrons. The summed E-state index contributed by atoms with van der Waals surface area (Å²) in [5, 5.41) is 1.18. The van der Waals surface area contributed by atoms with Crippen molar-refractivity contribution < 1.29 is 14.3 Å². The number of hydrogen-bond donors (Lipinski definition) is 0. The summed E-state index contributed by atoms with van der Waals surface area (Å²) < 4.78 is 13.4. The molecular formula is C30H32N2O3. The Kier molecular flexibility index (Phi) is 6.75. The number of amides is 1. The lowest BCUT2D eigenvalue weighted by atomic mass is 9.87. The minimum Gasteiger partial charge on any atom is -0.493 e. The van der Waals surface area contributed by atoms with Crippen LogP contribution in [-0.2, 0) is 11.3 Å². The first kappa shape index (κ1) is 23.0. The molecule has 35 heavy (non-hydrogen) atoms. The van der Waals surface area contributed by atoms with Gasteiger partial charge in [0.15, 0.2) is 11.5 Å². The van der Waals surface area contributed by atoms with E-state index in [2.05, 4.69) is 65.4 Å². The standard InChI is InChI=1S/C30H32N2O3/c1-34-28-15-14-23(18-29(28)35-2)25(19-30(33)31-16-8-9-17-31)26-21-32(20-22-10-4-3-5-11-22)27-13-7-6-12-24(26)27/h3-7,10-15,18,21,25H,8-9,16-17,19-20H2,1-2H3/t25-/m1/s1. The van der Waals surface area contributed by atoms with Crippen molar-refractivity contribution in [3.8, 4) is 11.5 Å². The number of nitrogens with zero attached hydrogens (tertiary/aromatic N) is 2. The average Bonchev–Trinajstić information content (AvgIpc) is 3.57. The number of likely N-dealkylation sites (tertiary alicyclic amines) is 1. The summed E-state index contributed by atoms with van der Waals surface area (Å²) in [4.78, 5) is 15.4. The number of hydrogen-bond acceptors (Lipinski definition) is 3. The van der Waals surface area contributed by atoms with E-state index in [1.165, 1.54) is 16.5 Å². The van der Waals surface area contributed by atoms with Gasteiger partial charge in [0.2, 0.25) is 5.91 Å². The molecule has 0 N–H and O–H groups in total.